The summed E-state index contributed by atoms with van der Waals surface area (Å²) in [5.74, 6) is 0.756. The maximum atomic E-state index is 13.0. The number of anilines is 1. The average molecular weight is 337 g/mol. The third-order valence-electron chi connectivity index (χ3n) is 4.69. The van der Waals surface area contributed by atoms with Crippen molar-refractivity contribution in [1.82, 2.24) is 0 Å². The molecular formula is C22H27NO2. The number of rotatable bonds is 2. The van der Waals surface area contributed by atoms with Crippen molar-refractivity contribution in [2.45, 2.75) is 59.1 Å². The Kier molecular flexibility index (Phi) is 4.14. The van der Waals surface area contributed by atoms with Crippen LogP contribution in [0.3, 0.4) is 0 Å². The predicted octanol–water partition coefficient (Wildman–Crippen LogP) is 5.00. The normalized spacial score (nSPS) is 16.4. The van der Waals surface area contributed by atoms with Crippen molar-refractivity contribution in [2.24, 2.45) is 0 Å². The third-order valence-corrected chi connectivity index (χ3v) is 4.69. The van der Waals surface area contributed by atoms with E-state index >= 15 is 0 Å². The summed E-state index contributed by atoms with van der Waals surface area (Å²) in [5, 5.41) is 0. The van der Waals surface area contributed by atoms with Gasteiger partial charge in [-0.2, -0.15) is 0 Å². The van der Waals surface area contributed by atoms with Crippen LogP contribution >= 0.6 is 0 Å². The number of nitrogens with zero attached hydrogens (tertiary/aromatic N) is 1. The van der Waals surface area contributed by atoms with Gasteiger partial charge in [0.2, 0.25) is 0 Å². The number of carbonyl (C=O) groups is 1. The van der Waals surface area contributed by atoms with Crippen molar-refractivity contribution in [3.05, 3.63) is 59.2 Å². The van der Waals surface area contributed by atoms with Crippen LogP contribution in [0.4, 0.5) is 5.69 Å². The fourth-order valence-corrected chi connectivity index (χ4v) is 3.13. The summed E-state index contributed by atoms with van der Waals surface area (Å²) in [6.07, 6.45) is 0. The fraction of sp³-hybridized carbons (Fsp3) is 0.409. The van der Waals surface area contributed by atoms with E-state index in [0.29, 0.717) is 6.54 Å². The van der Waals surface area contributed by atoms with Gasteiger partial charge < -0.3 is 9.64 Å². The molecule has 0 aliphatic carbocycles. The summed E-state index contributed by atoms with van der Waals surface area (Å²) in [6.45, 7) is 12.8. The van der Waals surface area contributed by atoms with Gasteiger partial charge in [0.25, 0.3) is 5.91 Å². The van der Waals surface area contributed by atoms with Gasteiger partial charge in [0.15, 0.2) is 5.60 Å². The van der Waals surface area contributed by atoms with E-state index in [9.17, 15) is 4.79 Å². The Balaban J connectivity index is 1.96. The molecule has 0 N–H and O–H groups in total. The Morgan fingerprint density at radius 2 is 1.68 bits per heavy atom. The molecule has 1 heterocycles. The molecule has 0 spiro atoms. The Hall–Kier alpha value is -2.29. The van der Waals surface area contributed by atoms with E-state index in [1.54, 1.807) is 0 Å². The Bertz CT molecular complexity index is 798. The molecule has 0 aromatic heterocycles. The Morgan fingerprint density at radius 1 is 1.04 bits per heavy atom. The molecule has 3 nitrogen and oxygen atoms in total. The zero-order valence-electron chi connectivity index (χ0n) is 16.0. The molecule has 1 amide bonds. The number of benzene rings is 2. The van der Waals surface area contributed by atoms with Crippen LogP contribution < -0.4 is 9.64 Å². The second-order valence-electron chi connectivity index (χ2n) is 8.42. The Labute approximate surface area is 150 Å². The number of amides is 1. The first kappa shape index (κ1) is 17.5. The monoisotopic (exact) mass is 337 g/mol. The van der Waals surface area contributed by atoms with Crippen molar-refractivity contribution in [1.29, 1.82) is 0 Å². The molecule has 0 bridgehead atoms. The molecule has 0 fully saturated rings. The highest BCUT2D eigenvalue weighted by molar-refractivity contribution is 6.02. The molecule has 132 valence electrons. The highest BCUT2D eigenvalue weighted by Gasteiger charge is 2.40. The van der Waals surface area contributed by atoms with E-state index in [1.807, 2.05) is 43.9 Å². The number of hydrogen-bond donors (Lipinski definition) is 0. The summed E-state index contributed by atoms with van der Waals surface area (Å²) in [6, 6.07) is 14.5. The fourth-order valence-electron chi connectivity index (χ4n) is 3.13. The van der Waals surface area contributed by atoms with E-state index in [4.69, 9.17) is 4.74 Å². The molecule has 0 atom stereocenters. The van der Waals surface area contributed by atoms with Crippen molar-refractivity contribution in [3.8, 4) is 5.75 Å². The van der Waals surface area contributed by atoms with Crippen LogP contribution in [0.5, 0.6) is 5.75 Å². The molecule has 0 radical (unpaired) electrons. The zero-order chi connectivity index (χ0) is 18.4. The molecular weight excluding hydrogens is 310 g/mol. The van der Waals surface area contributed by atoms with Crippen molar-refractivity contribution >= 4 is 11.6 Å². The average Bonchev–Trinajstić information content (AvgIpc) is 2.52. The van der Waals surface area contributed by atoms with Crippen LogP contribution in [-0.2, 0) is 16.8 Å². The van der Waals surface area contributed by atoms with E-state index in [0.717, 1.165) is 22.6 Å². The van der Waals surface area contributed by atoms with Crippen LogP contribution in [0, 0.1) is 6.92 Å². The summed E-state index contributed by atoms with van der Waals surface area (Å²) in [4.78, 5) is 14.8. The zero-order valence-corrected chi connectivity index (χ0v) is 16.0. The number of hydrogen-bond acceptors (Lipinski definition) is 2. The minimum atomic E-state index is -0.854. The van der Waals surface area contributed by atoms with Gasteiger partial charge in [-0.05, 0) is 55.0 Å². The lowest BCUT2D eigenvalue weighted by atomic mass is 9.86. The van der Waals surface area contributed by atoms with Gasteiger partial charge in [0.1, 0.15) is 5.75 Å². The lowest BCUT2D eigenvalue weighted by Gasteiger charge is -2.39. The highest BCUT2D eigenvalue weighted by Crippen LogP contribution is 2.39. The second kappa shape index (κ2) is 5.91. The summed E-state index contributed by atoms with van der Waals surface area (Å²) in [5.41, 5.74) is 3.65. The standard InChI is InChI=1S/C22H27NO2/c1-15-7-12-19-18(13-15)23(20(24)22(5,6)25-19)14-16-8-10-17(11-9-16)21(2,3)4/h7-13H,14H2,1-6H3. The van der Waals surface area contributed by atoms with E-state index < -0.39 is 5.60 Å². The van der Waals surface area contributed by atoms with Crippen LogP contribution in [0.15, 0.2) is 42.5 Å². The van der Waals surface area contributed by atoms with Gasteiger partial charge in [-0.25, -0.2) is 0 Å². The number of ether oxygens (including phenoxy) is 1. The first-order valence-electron chi connectivity index (χ1n) is 8.79. The highest BCUT2D eigenvalue weighted by atomic mass is 16.5. The van der Waals surface area contributed by atoms with Crippen LogP contribution in [-0.4, -0.2) is 11.5 Å². The van der Waals surface area contributed by atoms with Gasteiger partial charge in [0, 0.05) is 0 Å². The number of aryl methyl sites for hydroxylation is 1. The second-order valence-corrected chi connectivity index (χ2v) is 8.42. The van der Waals surface area contributed by atoms with Gasteiger partial charge >= 0.3 is 0 Å². The summed E-state index contributed by atoms with van der Waals surface area (Å²) < 4.78 is 5.93. The number of carbonyl (C=O) groups excluding carboxylic acids is 1. The first-order valence-corrected chi connectivity index (χ1v) is 8.79. The Morgan fingerprint density at radius 3 is 2.28 bits per heavy atom. The minimum absolute atomic E-state index is 0.00880. The molecule has 0 saturated heterocycles. The maximum Gasteiger partial charge on any atom is 0.271 e. The maximum absolute atomic E-state index is 13.0. The topological polar surface area (TPSA) is 29.5 Å². The van der Waals surface area contributed by atoms with Crippen LogP contribution in [0.1, 0.15) is 51.3 Å². The molecule has 3 heteroatoms. The lowest BCUT2D eigenvalue weighted by Crippen LogP contribution is -2.52. The molecule has 25 heavy (non-hydrogen) atoms. The largest absolute Gasteiger partial charge is 0.476 e. The van der Waals surface area contributed by atoms with E-state index in [-0.39, 0.29) is 11.3 Å². The van der Waals surface area contributed by atoms with Crippen molar-refractivity contribution < 1.29 is 9.53 Å². The molecule has 0 unspecified atom stereocenters. The molecule has 0 saturated carbocycles. The minimum Gasteiger partial charge on any atom is -0.476 e. The molecule has 1 aliphatic rings. The van der Waals surface area contributed by atoms with Crippen molar-refractivity contribution in [2.75, 3.05) is 4.90 Å². The number of fused-ring (bicyclic) bond motifs is 1. The van der Waals surface area contributed by atoms with E-state index in [2.05, 4.69) is 45.0 Å². The van der Waals surface area contributed by atoms with Crippen LogP contribution in [0.2, 0.25) is 0 Å². The summed E-state index contributed by atoms with van der Waals surface area (Å²) >= 11 is 0. The SMILES string of the molecule is Cc1ccc2c(c1)N(Cc1ccc(C(C)(C)C)cc1)C(=O)C(C)(C)O2. The quantitative estimate of drug-likeness (QED) is 0.772. The first-order chi connectivity index (χ1) is 11.6. The molecule has 1 aliphatic heterocycles. The van der Waals surface area contributed by atoms with Gasteiger partial charge in [-0.1, -0.05) is 51.1 Å². The molecule has 2 aromatic rings. The van der Waals surface area contributed by atoms with Gasteiger partial charge in [0.05, 0.1) is 12.2 Å². The van der Waals surface area contributed by atoms with Crippen LogP contribution in [0.25, 0.3) is 0 Å². The predicted molar refractivity (Wildman–Crippen MR) is 102 cm³/mol. The van der Waals surface area contributed by atoms with E-state index in [1.165, 1.54) is 5.56 Å². The van der Waals surface area contributed by atoms with Gasteiger partial charge in [-0.3, -0.25) is 4.79 Å². The van der Waals surface area contributed by atoms with Crippen molar-refractivity contribution in [3.63, 3.8) is 0 Å². The lowest BCUT2D eigenvalue weighted by molar-refractivity contribution is -0.132. The van der Waals surface area contributed by atoms with Gasteiger partial charge in [-0.15, -0.1) is 0 Å². The smallest absolute Gasteiger partial charge is 0.271 e. The third kappa shape index (κ3) is 3.41. The molecule has 3 rings (SSSR count). The summed E-state index contributed by atoms with van der Waals surface area (Å²) in [7, 11) is 0. The molecule has 2 aromatic carbocycles.